The number of benzene rings is 3. The molecule has 0 radical (unpaired) electrons. The van der Waals surface area contributed by atoms with Crippen LogP contribution in [0.15, 0.2) is 74.8 Å². The Morgan fingerprint density at radius 3 is 2.30 bits per heavy atom. The van der Waals surface area contributed by atoms with Crippen LogP contribution in [0.5, 0.6) is 11.5 Å². The Kier molecular flexibility index (Phi) is 5.80. The summed E-state index contributed by atoms with van der Waals surface area (Å²) in [6, 6.07) is 15.4. The molecule has 1 amide bonds. The average molecular weight is 469 g/mol. The molecule has 3 N–H and O–H groups in total. The van der Waals surface area contributed by atoms with Gasteiger partial charge in [-0.25, -0.2) is 13.2 Å². The first-order chi connectivity index (χ1) is 15.8. The van der Waals surface area contributed by atoms with Gasteiger partial charge in [0.2, 0.25) is 0 Å². The summed E-state index contributed by atoms with van der Waals surface area (Å²) in [5, 5.41) is 2.73. The Hall–Kier alpha value is -4.25. The second kappa shape index (κ2) is 8.71. The lowest BCUT2D eigenvalue weighted by Crippen LogP contribution is -2.15. The van der Waals surface area contributed by atoms with Crippen molar-refractivity contribution in [3.8, 4) is 11.5 Å². The zero-order valence-corrected chi connectivity index (χ0v) is 18.4. The quantitative estimate of drug-likeness (QED) is 0.378. The smallest absolute Gasteiger partial charge is 0.417 e. The summed E-state index contributed by atoms with van der Waals surface area (Å²) in [5.74, 6) is -0.695. The summed E-state index contributed by atoms with van der Waals surface area (Å²) in [6.45, 7) is 0. The first kappa shape index (κ1) is 22.0. The van der Waals surface area contributed by atoms with Gasteiger partial charge in [0.05, 0.1) is 36.0 Å². The summed E-state index contributed by atoms with van der Waals surface area (Å²) < 4.78 is 44.0. The number of aromatic nitrogens is 1. The molecule has 0 unspecified atom stereocenters. The molecule has 4 aromatic rings. The number of methoxy groups -OCH3 is 2. The van der Waals surface area contributed by atoms with Crippen LogP contribution in [0.25, 0.3) is 11.1 Å². The van der Waals surface area contributed by atoms with Crippen molar-refractivity contribution in [1.29, 1.82) is 0 Å². The summed E-state index contributed by atoms with van der Waals surface area (Å²) in [4.78, 5) is 26.2. The predicted molar refractivity (Wildman–Crippen MR) is 122 cm³/mol. The number of oxazole rings is 1. The number of amides is 1. The highest BCUT2D eigenvalue weighted by Crippen LogP contribution is 2.37. The number of ether oxygens (including phenoxy) is 2. The third-order valence-electron chi connectivity index (χ3n) is 4.75. The normalized spacial score (nSPS) is 11.2. The van der Waals surface area contributed by atoms with E-state index in [9.17, 15) is 18.0 Å². The lowest BCUT2D eigenvalue weighted by molar-refractivity contribution is 0.102. The van der Waals surface area contributed by atoms with E-state index >= 15 is 0 Å². The minimum Gasteiger partial charge on any atom is -0.494 e. The van der Waals surface area contributed by atoms with Crippen LogP contribution in [-0.2, 0) is 10.0 Å². The Labute approximate surface area is 188 Å². The molecule has 4 rings (SSSR count). The molecule has 3 aromatic carbocycles. The molecule has 11 heteroatoms. The predicted octanol–water partition coefficient (Wildman–Crippen LogP) is 3.19. The number of carbonyl (C=O) groups is 1. The first-order valence-corrected chi connectivity index (χ1v) is 11.1. The molecule has 0 fully saturated rings. The van der Waals surface area contributed by atoms with E-state index in [1.54, 1.807) is 30.3 Å². The van der Waals surface area contributed by atoms with Crippen molar-refractivity contribution in [3.63, 3.8) is 0 Å². The van der Waals surface area contributed by atoms with Gasteiger partial charge in [0, 0.05) is 23.8 Å². The summed E-state index contributed by atoms with van der Waals surface area (Å²) in [6.07, 6.45) is 0. The number of carbonyl (C=O) groups excluding carboxylic acids is 1. The van der Waals surface area contributed by atoms with Crippen LogP contribution in [0.2, 0.25) is 0 Å². The highest BCUT2D eigenvalue weighted by Gasteiger charge is 2.21. The molecule has 10 nitrogen and oxygen atoms in total. The zero-order chi connectivity index (χ0) is 23.6. The number of aromatic amines is 1. The zero-order valence-electron chi connectivity index (χ0n) is 17.5. The first-order valence-electron chi connectivity index (χ1n) is 9.59. The van der Waals surface area contributed by atoms with E-state index in [0.717, 1.165) is 0 Å². The average Bonchev–Trinajstić information content (AvgIpc) is 3.19. The van der Waals surface area contributed by atoms with E-state index in [1.807, 2.05) is 0 Å². The van der Waals surface area contributed by atoms with Crippen molar-refractivity contribution in [3.05, 3.63) is 76.8 Å². The van der Waals surface area contributed by atoms with Gasteiger partial charge in [-0.2, -0.15) is 0 Å². The van der Waals surface area contributed by atoms with Crippen LogP contribution in [0.3, 0.4) is 0 Å². The largest absolute Gasteiger partial charge is 0.494 e. The van der Waals surface area contributed by atoms with Gasteiger partial charge >= 0.3 is 5.76 Å². The third-order valence-corrected chi connectivity index (χ3v) is 6.12. The molecule has 0 aliphatic rings. The topological polar surface area (TPSA) is 140 Å². The highest BCUT2D eigenvalue weighted by molar-refractivity contribution is 7.92. The van der Waals surface area contributed by atoms with Crippen LogP contribution in [0.4, 0.5) is 11.4 Å². The van der Waals surface area contributed by atoms with Gasteiger partial charge < -0.3 is 19.2 Å². The van der Waals surface area contributed by atoms with Gasteiger partial charge in [0.25, 0.3) is 15.9 Å². The van der Waals surface area contributed by atoms with E-state index in [2.05, 4.69) is 15.0 Å². The SMILES string of the molecule is COc1cc(NS(=O)(=O)c2ccc3[nH]c(=O)oc3c2)c(OC)cc1NC(=O)c1ccccc1. The number of nitrogens with one attached hydrogen (secondary N) is 3. The van der Waals surface area contributed by atoms with Gasteiger partial charge in [-0.15, -0.1) is 0 Å². The summed E-state index contributed by atoms with van der Waals surface area (Å²) >= 11 is 0. The maximum atomic E-state index is 13.0. The van der Waals surface area contributed by atoms with Gasteiger partial charge in [0.1, 0.15) is 11.5 Å². The van der Waals surface area contributed by atoms with Crippen molar-refractivity contribution in [2.24, 2.45) is 0 Å². The van der Waals surface area contributed by atoms with Crippen LogP contribution >= 0.6 is 0 Å². The second-order valence-corrected chi connectivity index (χ2v) is 8.53. The monoisotopic (exact) mass is 469 g/mol. The van der Waals surface area contributed by atoms with Crippen LogP contribution in [-0.4, -0.2) is 33.5 Å². The number of hydrogen-bond donors (Lipinski definition) is 3. The van der Waals surface area contributed by atoms with Crippen LogP contribution in [0.1, 0.15) is 10.4 Å². The standard InChI is InChI=1S/C22H19N3O7S/c1-30-18-12-17(19(31-2)11-16(18)23-21(26)13-6-4-3-5-7-13)25-33(28,29)14-8-9-15-20(10-14)32-22(27)24-15/h3-12,25H,1-2H3,(H,23,26)(H,24,27). The van der Waals surface area contributed by atoms with Crippen molar-refractivity contribution >= 4 is 38.4 Å². The minimum atomic E-state index is -4.08. The molecule has 33 heavy (non-hydrogen) atoms. The Bertz CT molecular complexity index is 1490. The minimum absolute atomic E-state index is 0.0858. The lowest BCUT2D eigenvalue weighted by Gasteiger charge is -2.17. The van der Waals surface area contributed by atoms with E-state index in [1.165, 1.54) is 44.6 Å². The van der Waals surface area contributed by atoms with Gasteiger partial charge in [-0.3, -0.25) is 14.5 Å². The Morgan fingerprint density at radius 1 is 0.939 bits per heavy atom. The molecule has 0 aliphatic heterocycles. The molecule has 170 valence electrons. The molecule has 0 atom stereocenters. The fraction of sp³-hybridized carbons (Fsp3) is 0.0909. The number of H-pyrrole nitrogens is 1. The second-order valence-electron chi connectivity index (χ2n) is 6.85. The number of anilines is 2. The van der Waals surface area contributed by atoms with Gasteiger partial charge in [-0.1, -0.05) is 18.2 Å². The molecular formula is C22H19N3O7S. The maximum absolute atomic E-state index is 13.0. The number of sulfonamides is 1. The molecule has 0 spiro atoms. The van der Waals surface area contributed by atoms with E-state index < -0.39 is 15.8 Å². The molecule has 0 saturated carbocycles. The molecule has 0 aliphatic carbocycles. The third kappa shape index (κ3) is 4.53. The Balaban J connectivity index is 1.66. The van der Waals surface area contributed by atoms with Crippen LogP contribution in [0, 0.1) is 0 Å². The van der Waals surface area contributed by atoms with E-state index in [4.69, 9.17) is 13.9 Å². The number of fused-ring (bicyclic) bond motifs is 1. The van der Waals surface area contributed by atoms with Gasteiger partial charge in [-0.05, 0) is 24.3 Å². The summed E-state index contributed by atoms with van der Waals surface area (Å²) in [7, 11) is -1.33. The van der Waals surface area contributed by atoms with E-state index in [-0.39, 0.29) is 33.6 Å². The molecule has 1 aromatic heterocycles. The lowest BCUT2D eigenvalue weighted by atomic mass is 10.2. The number of rotatable bonds is 7. The van der Waals surface area contributed by atoms with Crippen molar-refractivity contribution < 1.29 is 27.1 Å². The maximum Gasteiger partial charge on any atom is 0.417 e. The summed E-state index contributed by atoms with van der Waals surface area (Å²) in [5.41, 5.74) is 1.29. The molecular weight excluding hydrogens is 450 g/mol. The fourth-order valence-electron chi connectivity index (χ4n) is 3.16. The highest BCUT2D eigenvalue weighted by atomic mass is 32.2. The van der Waals surface area contributed by atoms with E-state index in [0.29, 0.717) is 16.8 Å². The van der Waals surface area contributed by atoms with Crippen LogP contribution < -0.4 is 25.3 Å². The molecule has 1 heterocycles. The fourth-order valence-corrected chi connectivity index (χ4v) is 4.23. The van der Waals surface area contributed by atoms with Crippen molar-refractivity contribution in [2.75, 3.05) is 24.3 Å². The van der Waals surface area contributed by atoms with Crippen molar-refractivity contribution in [1.82, 2.24) is 4.98 Å². The molecule has 0 bridgehead atoms. The number of hydrogen-bond acceptors (Lipinski definition) is 7. The molecule has 0 saturated heterocycles. The van der Waals surface area contributed by atoms with Gasteiger partial charge in [0.15, 0.2) is 5.58 Å². The Morgan fingerprint density at radius 2 is 1.61 bits per heavy atom. The van der Waals surface area contributed by atoms with Crippen molar-refractivity contribution in [2.45, 2.75) is 4.90 Å².